The van der Waals surface area contributed by atoms with Gasteiger partial charge in [0.05, 0.1) is 0 Å². The fourth-order valence-electron chi connectivity index (χ4n) is 2.34. The van der Waals surface area contributed by atoms with Crippen LogP contribution in [0.15, 0.2) is 18.2 Å². The molecule has 2 rings (SSSR count). The van der Waals surface area contributed by atoms with E-state index in [2.05, 4.69) is 4.98 Å². The van der Waals surface area contributed by atoms with Crippen molar-refractivity contribution in [2.75, 3.05) is 5.73 Å². The quantitative estimate of drug-likeness (QED) is 0.900. The molecule has 2 aromatic rings. The van der Waals surface area contributed by atoms with E-state index in [9.17, 15) is 4.39 Å². The summed E-state index contributed by atoms with van der Waals surface area (Å²) in [5.74, 6) is 0.933. The van der Waals surface area contributed by atoms with E-state index in [1.54, 1.807) is 6.07 Å². The lowest BCUT2D eigenvalue weighted by molar-refractivity contribution is 0.389. The summed E-state index contributed by atoms with van der Waals surface area (Å²) in [6.07, 6.45) is 0.726. The number of imidazole rings is 1. The number of aromatic nitrogens is 2. The second-order valence-electron chi connectivity index (χ2n) is 5.75. The van der Waals surface area contributed by atoms with Crippen molar-refractivity contribution in [1.82, 2.24) is 9.55 Å². The summed E-state index contributed by atoms with van der Waals surface area (Å²) in [5, 5.41) is 0.462. The number of halogens is 2. The summed E-state index contributed by atoms with van der Waals surface area (Å²) in [5.41, 5.74) is 6.79. The van der Waals surface area contributed by atoms with Gasteiger partial charge in [-0.2, -0.15) is 0 Å². The zero-order chi connectivity index (χ0) is 15.1. The van der Waals surface area contributed by atoms with Gasteiger partial charge in [-0.3, -0.25) is 0 Å². The van der Waals surface area contributed by atoms with Crippen LogP contribution in [0.4, 0.5) is 10.2 Å². The first-order valence-electron chi connectivity index (χ1n) is 6.58. The second kappa shape index (κ2) is 5.09. The Bertz CT molecular complexity index is 641. The Morgan fingerprint density at radius 3 is 2.50 bits per heavy atom. The Morgan fingerprint density at radius 2 is 2.00 bits per heavy atom. The van der Waals surface area contributed by atoms with Gasteiger partial charge in [-0.15, -0.1) is 0 Å². The van der Waals surface area contributed by atoms with Crippen LogP contribution in [0.5, 0.6) is 0 Å². The molecule has 0 aliphatic rings. The summed E-state index contributed by atoms with van der Waals surface area (Å²) in [6.45, 7) is 8.13. The van der Waals surface area contributed by atoms with Gasteiger partial charge in [0.25, 0.3) is 0 Å². The van der Waals surface area contributed by atoms with Crippen molar-refractivity contribution in [1.29, 1.82) is 0 Å². The molecule has 0 aliphatic heterocycles. The highest BCUT2D eigenvalue weighted by atomic mass is 35.5. The van der Waals surface area contributed by atoms with Gasteiger partial charge in [0.2, 0.25) is 0 Å². The second-order valence-corrected chi connectivity index (χ2v) is 6.18. The normalized spacial score (nSPS) is 11.9. The van der Waals surface area contributed by atoms with Crippen molar-refractivity contribution in [2.45, 2.75) is 39.7 Å². The average Bonchev–Trinajstić information content (AvgIpc) is 2.69. The largest absolute Gasteiger partial charge is 0.383 e. The number of anilines is 1. The Kier molecular flexibility index (Phi) is 3.78. The van der Waals surface area contributed by atoms with E-state index in [0.717, 1.165) is 12.2 Å². The monoisotopic (exact) mass is 295 g/mol. The first-order valence-corrected chi connectivity index (χ1v) is 6.96. The van der Waals surface area contributed by atoms with Crippen LogP contribution in [0, 0.1) is 5.82 Å². The van der Waals surface area contributed by atoms with E-state index in [1.165, 1.54) is 12.1 Å². The first-order chi connectivity index (χ1) is 9.25. The SMILES string of the molecule is CCc1nc(-c2cc(Cl)ccc2F)c(N)n1C(C)(C)C. The number of aryl methyl sites for hydroxylation is 1. The van der Waals surface area contributed by atoms with Crippen molar-refractivity contribution in [2.24, 2.45) is 0 Å². The maximum absolute atomic E-state index is 14.0. The van der Waals surface area contributed by atoms with Crippen molar-refractivity contribution in [3.63, 3.8) is 0 Å². The highest BCUT2D eigenvalue weighted by molar-refractivity contribution is 6.30. The minimum Gasteiger partial charge on any atom is -0.383 e. The standard InChI is InChI=1S/C15H19ClFN3/c1-5-12-19-13(14(18)20(12)15(2,3)4)10-8-9(16)6-7-11(10)17/h6-8H,5,18H2,1-4H3. The van der Waals surface area contributed by atoms with Gasteiger partial charge in [0, 0.05) is 22.5 Å². The molecule has 1 aromatic carbocycles. The van der Waals surface area contributed by atoms with E-state index in [0.29, 0.717) is 22.1 Å². The van der Waals surface area contributed by atoms with Crippen LogP contribution in [0.1, 0.15) is 33.5 Å². The predicted molar refractivity (Wildman–Crippen MR) is 81.4 cm³/mol. The molecule has 5 heteroatoms. The maximum Gasteiger partial charge on any atom is 0.132 e. The Hall–Kier alpha value is -1.55. The molecule has 1 aromatic heterocycles. The topological polar surface area (TPSA) is 43.8 Å². The lowest BCUT2D eigenvalue weighted by Crippen LogP contribution is -2.25. The molecular formula is C15H19ClFN3. The van der Waals surface area contributed by atoms with Crippen LogP contribution >= 0.6 is 11.6 Å². The Labute approximate surface area is 123 Å². The minimum absolute atomic E-state index is 0.213. The fraction of sp³-hybridized carbons (Fsp3) is 0.400. The summed E-state index contributed by atoms with van der Waals surface area (Å²) < 4.78 is 16.0. The number of nitrogens with zero attached hydrogens (tertiary/aromatic N) is 2. The van der Waals surface area contributed by atoms with Gasteiger partial charge in [-0.25, -0.2) is 9.37 Å². The Morgan fingerprint density at radius 1 is 1.35 bits per heavy atom. The molecule has 0 saturated heterocycles. The summed E-state index contributed by atoms with van der Waals surface area (Å²) in [6, 6.07) is 4.40. The molecule has 0 spiro atoms. The third-order valence-electron chi connectivity index (χ3n) is 3.15. The molecule has 0 amide bonds. The van der Waals surface area contributed by atoms with E-state index in [1.807, 2.05) is 32.3 Å². The number of hydrogen-bond donors (Lipinski definition) is 1. The first kappa shape index (κ1) is 14.9. The van der Waals surface area contributed by atoms with Gasteiger partial charge in [-0.05, 0) is 39.0 Å². The third-order valence-corrected chi connectivity index (χ3v) is 3.39. The van der Waals surface area contributed by atoms with Crippen LogP contribution in [0.3, 0.4) is 0 Å². The average molecular weight is 296 g/mol. The molecule has 3 nitrogen and oxygen atoms in total. The van der Waals surface area contributed by atoms with E-state index >= 15 is 0 Å². The number of benzene rings is 1. The molecule has 108 valence electrons. The Balaban J connectivity index is 2.71. The molecule has 20 heavy (non-hydrogen) atoms. The van der Waals surface area contributed by atoms with Gasteiger partial charge < -0.3 is 10.3 Å². The van der Waals surface area contributed by atoms with Crippen LogP contribution < -0.4 is 5.73 Å². The third kappa shape index (κ3) is 2.52. The molecular weight excluding hydrogens is 277 g/mol. The molecule has 0 atom stereocenters. The highest BCUT2D eigenvalue weighted by Crippen LogP contribution is 2.34. The van der Waals surface area contributed by atoms with Gasteiger partial charge in [0.15, 0.2) is 0 Å². The zero-order valence-corrected chi connectivity index (χ0v) is 12.9. The van der Waals surface area contributed by atoms with Crippen molar-refractivity contribution in [3.8, 4) is 11.3 Å². The molecule has 0 saturated carbocycles. The lowest BCUT2D eigenvalue weighted by atomic mass is 10.1. The van der Waals surface area contributed by atoms with E-state index < -0.39 is 0 Å². The molecule has 0 unspecified atom stereocenters. The van der Waals surface area contributed by atoms with Crippen LogP contribution in [0.2, 0.25) is 5.02 Å². The molecule has 1 heterocycles. The number of nitrogens with two attached hydrogens (primary N) is 1. The zero-order valence-electron chi connectivity index (χ0n) is 12.2. The van der Waals surface area contributed by atoms with Gasteiger partial charge in [-0.1, -0.05) is 18.5 Å². The van der Waals surface area contributed by atoms with Gasteiger partial charge in [0.1, 0.15) is 23.2 Å². The van der Waals surface area contributed by atoms with Crippen molar-refractivity contribution >= 4 is 17.4 Å². The smallest absolute Gasteiger partial charge is 0.132 e. The maximum atomic E-state index is 14.0. The highest BCUT2D eigenvalue weighted by Gasteiger charge is 2.25. The molecule has 0 bridgehead atoms. The fourth-order valence-corrected chi connectivity index (χ4v) is 2.52. The molecule has 2 N–H and O–H groups in total. The van der Waals surface area contributed by atoms with Crippen LogP contribution in [-0.4, -0.2) is 9.55 Å². The van der Waals surface area contributed by atoms with Crippen LogP contribution in [-0.2, 0) is 12.0 Å². The number of hydrogen-bond acceptors (Lipinski definition) is 2. The van der Waals surface area contributed by atoms with Crippen LogP contribution in [0.25, 0.3) is 11.3 Å². The minimum atomic E-state index is -0.373. The molecule has 0 radical (unpaired) electrons. The van der Waals surface area contributed by atoms with Crippen molar-refractivity contribution in [3.05, 3.63) is 34.9 Å². The van der Waals surface area contributed by atoms with E-state index in [4.69, 9.17) is 17.3 Å². The lowest BCUT2D eigenvalue weighted by Gasteiger charge is -2.24. The summed E-state index contributed by atoms with van der Waals surface area (Å²) in [7, 11) is 0. The van der Waals surface area contributed by atoms with Crippen molar-refractivity contribution < 1.29 is 4.39 Å². The predicted octanol–water partition coefficient (Wildman–Crippen LogP) is 4.24. The number of rotatable bonds is 2. The summed E-state index contributed by atoms with van der Waals surface area (Å²) >= 11 is 5.95. The van der Waals surface area contributed by atoms with Gasteiger partial charge >= 0.3 is 0 Å². The number of nitrogen functional groups attached to an aromatic ring is 1. The van der Waals surface area contributed by atoms with E-state index in [-0.39, 0.29) is 11.4 Å². The molecule has 0 fully saturated rings. The summed E-state index contributed by atoms with van der Waals surface area (Å²) in [4.78, 5) is 4.51. The molecule has 0 aliphatic carbocycles.